The molecule has 1 saturated heterocycles. The Morgan fingerprint density at radius 3 is 2.54 bits per heavy atom. The topological polar surface area (TPSA) is 106 Å². The van der Waals surface area contributed by atoms with E-state index in [9.17, 15) is 19.5 Å². The summed E-state index contributed by atoms with van der Waals surface area (Å²) < 4.78 is 10.6. The molecule has 8 heteroatoms. The van der Waals surface area contributed by atoms with Crippen molar-refractivity contribution >= 4 is 18.0 Å². The summed E-state index contributed by atoms with van der Waals surface area (Å²) in [6.45, 7) is 6.02. The number of isocyanates is 1. The van der Waals surface area contributed by atoms with Gasteiger partial charge in [-0.1, -0.05) is 0 Å². The molecule has 1 aliphatic heterocycles. The highest BCUT2D eigenvalue weighted by atomic mass is 16.6. The van der Waals surface area contributed by atoms with Gasteiger partial charge in [0, 0.05) is 26.5 Å². The van der Waals surface area contributed by atoms with E-state index in [1.807, 2.05) is 0 Å². The summed E-state index contributed by atoms with van der Waals surface area (Å²) in [5.74, 6) is -1.61. The van der Waals surface area contributed by atoms with E-state index in [4.69, 9.17) is 9.47 Å². The molecule has 1 rings (SSSR count). The lowest BCUT2D eigenvalue weighted by Crippen LogP contribution is -2.46. The van der Waals surface area contributed by atoms with E-state index in [0.29, 0.717) is 13.2 Å². The first-order valence-electron chi connectivity index (χ1n) is 7.96. The van der Waals surface area contributed by atoms with Crippen LogP contribution in [0.5, 0.6) is 0 Å². The van der Waals surface area contributed by atoms with Gasteiger partial charge in [-0.15, -0.1) is 0 Å². The normalized spacial score (nSPS) is 20.3. The summed E-state index contributed by atoms with van der Waals surface area (Å²) >= 11 is 0. The predicted octanol–water partition coefficient (Wildman–Crippen LogP) is 1.34. The highest BCUT2D eigenvalue weighted by Gasteiger charge is 2.44. The molecular formula is C16H26N2O6. The molecule has 2 atom stereocenters. The van der Waals surface area contributed by atoms with E-state index in [1.165, 1.54) is 6.08 Å². The van der Waals surface area contributed by atoms with Gasteiger partial charge in [0.15, 0.2) is 0 Å². The Morgan fingerprint density at radius 1 is 1.38 bits per heavy atom. The van der Waals surface area contributed by atoms with E-state index in [1.54, 1.807) is 32.8 Å². The Morgan fingerprint density at radius 2 is 2.04 bits per heavy atom. The lowest BCUT2D eigenvalue weighted by molar-refractivity contribution is -0.185. The molecule has 0 aromatic carbocycles. The van der Waals surface area contributed by atoms with Crippen molar-refractivity contribution in [2.45, 2.75) is 63.8 Å². The number of hydrogen-bond acceptors (Lipinski definition) is 6. The van der Waals surface area contributed by atoms with Gasteiger partial charge in [0.1, 0.15) is 0 Å². The second kappa shape index (κ2) is 8.37. The molecular weight excluding hydrogens is 316 g/mol. The van der Waals surface area contributed by atoms with Crippen LogP contribution in [0, 0.1) is 0 Å². The van der Waals surface area contributed by atoms with E-state index >= 15 is 0 Å². The molecule has 1 fully saturated rings. The van der Waals surface area contributed by atoms with Crippen molar-refractivity contribution < 1.29 is 29.0 Å². The molecule has 1 heterocycles. The van der Waals surface area contributed by atoms with E-state index in [2.05, 4.69) is 4.99 Å². The van der Waals surface area contributed by atoms with Crippen molar-refractivity contribution in [3.8, 4) is 0 Å². The monoisotopic (exact) mass is 342 g/mol. The SMILES string of the molecule is COC[C@@H]1CCCN1C(=O)CCC(N=C=O)(OC(C)(C)C)C(=O)O. The molecule has 0 aromatic rings. The van der Waals surface area contributed by atoms with Gasteiger partial charge in [-0.3, -0.25) is 4.79 Å². The molecule has 0 bridgehead atoms. The molecule has 0 spiro atoms. The number of aliphatic imine (C=N–C) groups is 1. The maximum absolute atomic E-state index is 12.5. The number of hydrogen-bond donors (Lipinski definition) is 1. The van der Waals surface area contributed by atoms with Crippen LogP contribution in [-0.4, -0.2) is 65.6 Å². The molecule has 1 N–H and O–H groups in total. The highest BCUT2D eigenvalue weighted by Crippen LogP contribution is 2.28. The Balaban J connectivity index is 2.86. The second-order valence-electron chi connectivity index (χ2n) is 6.85. The molecule has 1 amide bonds. The standard InChI is InChI=1S/C16H26N2O6/c1-15(2,3)24-16(14(21)22,17-11-19)8-7-13(20)18-9-5-6-12(18)10-23-4/h12H,5-10H2,1-4H3,(H,21,22)/t12-,16?/m0/s1. The van der Waals surface area contributed by atoms with Gasteiger partial charge < -0.3 is 19.5 Å². The fourth-order valence-electron chi connectivity index (χ4n) is 2.86. The lowest BCUT2D eigenvalue weighted by atomic mass is 10.0. The number of methoxy groups -OCH3 is 1. The van der Waals surface area contributed by atoms with Gasteiger partial charge in [0.2, 0.25) is 12.0 Å². The Labute approximate surface area is 141 Å². The average Bonchev–Trinajstić information content (AvgIpc) is 2.91. The number of likely N-dealkylation sites (tertiary alicyclic amines) is 1. The molecule has 0 radical (unpaired) electrons. The van der Waals surface area contributed by atoms with Crippen LogP contribution >= 0.6 is 0 Å². The van der Waals surface area contributed by atoms with Gasteiger partial charge in [-0.25, -0.2) is 9.59 Å². The maximum Gasteiger partial charge on any atom is 0.360 e. The molecule has 0 aromatic heterocycles. The van der Waals surface area contributed by atoms with Crippen LogP contribution in [0.2, 0.25) is 0 Å². The number of aliphatic carboxylic acids is 1. The number of nitrogens with zero attached hydrogens (tertiary/aromatic N) is 2. The second-order valence-corrected chi connectivity index (χ2v) is 6.85. The van der Waals surface area contributed by atoms with E-state index in [-0.39, 0.29) is 24.8 Å². The van der Waals surface area contributed by atoms with Crippen molar-refractivity contribution in [2.75, 3.05) is 20.3 Å². The number of carboxylic acid groups (broad SMARTS) is 1. The first kappa shape index (κ1) is 20.3. The summed E-state index contributed by atoms with van der Waals surface area (Å²) in [7, 11) is 1.58. The molecule has 1 unspecified atom stereocenters. The molecule has 0 aliphatic carbocycles. The molecule has 24 heavy (non-hydrogen) atoms. The largest absolute Gasteiger partial charge is 0.478 e. The van der Waals surface area contributed by atoms with Gasteiger partial charge in [0.25, 0.3) is 5.72 Å². The van der Waals surface area contributed by atoms with Crippen molar-refractivity contribution in [1.82, 2.24) is 4.90 Å². The average molecular weight is 342 g/mol. The quantitative estimate of drug-likeness (QED) is 0.527. The Hall–Kier alpha value is -1.76. The fourth-order valence-corrected chi connectivity index (χ4v) is 2.86. The molecule has 136 valence electrons. The summed E-state index contributed by atoms with van der Waals surface area (Å²) in [6.07, 6.45) is 2.68. The van der Waals surface area contributed by atoms with Gasteiger partial charge in [-0.2, -0.15) is 4.99 Å². The zero-order valence-electron chi connectivity index (χ0n) is 14.7. The first-order chi connectivity index (χ1) is 11.1. The summed E-state index contributed by atoms with van der Waals surface area (Å²) in [5, 5.41) is 9.49. The number of ether oxygens (including phenoxy) is 2. The zero-order chi connectivity index (χ0) is 18.4. The third-order valence-electron chi connectivity index (χ3n) is 3.77. The number of carbonyl (C=O) groups excluding carboxylic acids is 2. The van der Waals surface area contributed by atoms with Crippen LogP contribution in [0.1, 0.15) is 46.5 Å². The summed E-state index contributed by atoms with van der Waals surface area (Å²) in [6, 6.07) is -0.000153. The minimum atomic E-state index is -2.11. The van der Waals surface area contributed by atoms with Crippen molar-refractivity contribution in [1.29, 1.82) is 0 Å². The first-order valence-corrected chi connectivity index (χ1v) is 7.96. The van der Waals surface area contributed by atoms with Crippen LogP contribution in [0.15, 0.2) is 4.99 Å². The number of rotatable bonds is 8. The zero-order valence-corrected chi connectivity index (χ0v) is 14.7. The fraction of sp³-hybridized carbons (Fsp3) is 0.812. The smallest absolute Gasteiger partial charge is 0.360 e. The summed E-state index contributed by atoms with van der Waals surface area (Å²) in [5.41, 5.74) is -2.96. The van der Waals surface area contributed by atoms with Gasteiger partial charge >= 0.3 is 5.97 Å². The lowest BCUT2D eigenvalue weighted by Gasteiger charge is -2.32. The van der Waals surface area contributed by atoms with Crippen LogP contribution in [0.4, 0.5) is 0 Å². The van der Waals surface area contributed by atoms with Gasteiger partial charge in [0.05, 0.1) is 18.2 Å². The van der Waals surface area contributed by atoms with Crippen LogP contribution in [0.3, 0.4) is 0 Å². The van der Waals surface area contributed by atoms with Crippen LogP contribution in [-0.2, 0) is 23.9 Å². The number of carbonyl (C=O) groups is 2. The maximum atomic E-state index is 12.5. The van der Waals surface area contributed by atoms with Gasteiger partial charge in [-0.05, 0) is 33.6 Å². The third kappa shape index (κ3) is 5.40. The molecule has 1 aliphatic rings. The predicted molar refractivity (Wildman–Crippen MR) is 85.2 cm³/mol. The summed E-state index contributed by atoms with van der Waals surface area (Å²) in [4.78, 5) is 39.9. The van der Waals surface area contributed by atoms with Crippen molar-refractivity contribution in [3.63, 3.8) is 0 Å². The van der Waals surface area contributed by atoms with Crippen LogP contribution < -0.4 is 0 Å². The Bertz CT molecular complexity index is 505. The number of carboxylic acids is 1. The van der Waals surface area contributed by atoms with E-state index < -0.39 is 17.3 Å². The van der Waals surface area contributed by atoms with Crippen molar-refractivity contribution in [3.05, 3.63) is 0 Å². The highest BCUT2D eigenvalue weighted by molar-refractivity contribution is 5.81. The molecule has 8 nitrogen and oxygen atoms in total. The molecule has 0 saturated carbocycles. The minimum Gasteiger partial charge on any atom is -0.478 e. The Kier molecular flexibility index (Phi) is 7.08. The number of amides is 1. The van der Waals surface area contributed by atoms with Crippen LogP contribution in [0.25, 0.3) is 0 Å². The third-order valence-corrected chi connectivity index (χ3v) is 3.77. The minimum absolute atomic E-state index is 0.000153. The van der Waals surface area contributed by atoms with Crippen molar-refractivity contribution in [2.24, 2.45) is 4.99 Å². The van der Waals surface area contributed by atoms with E-state index in [0.717, 1.165) is 12.8 Å².